The third-order valence-electron chi connectivity index (χ3n) is 2.70. The van der Waals surface area contributed by atoms with Gasteiger partial charge < -0.3 is 10.0 Å². The maximum Gasteiger partial charge on any atom is 0.488 e. The summed E-state index contributed by atoms with van der Waals surface area (Å²) in [5.74, 6) is -0.598. The average Bonchev–Trinajstić information content (AvgIpc) is 2.36. The molecule has 0 aliphatic heterocycles. The summed E-state index contributed by atoms with van der Waals surface area (Å²) in [5.41, 5.74) is 0.675. The molecule has 7 heteroatoms. The first-order valence-corrected chi connectivity index (χ1v) is 5.65. The van der Waals surface area contributed by atoms with Gasteiger partial charge in [0.2, 0.25) is 0 Å². The summed E-state index contributed by atoms with van der Waals surface area (Å²) in [6.45, 7) is 1.83. The molecule has 0 spiro atoms. The highest BCUT2D eigenvalue weighted by atomic mass is 19.1. The number of halogens is 1. The van der Waals surface area contributed by atoms with Crippen LogP contribution in [0.5, 0.6) is 0 Å². The minimum atomic E-state index is -1.72. The second kappa shape index (κ2) is 5.33. The van der Waals surface area contributed by atoms with Gasteiger partial charge in [0.15, 0.2) is 0 Å². The fourth-order valence-electron chi connectivity index (χ4n) is 1.71. The zero-order chi connectivity index (χ0) is 14.0. The summed E-state index contributed by atoms with van der Waals surface area (Å²) in [4.78, 5) is 15.2. The van der Waals surface area contributed by atoms with Gasteiger partial charge in [-0.1, -0.05) is 12.1 Å². The van der Waals surface area contributed by atoms with Crippen molar-refractivity contribution in [3.63, 3.8) is 0 Å². The largest absolute Gasteiger partial charge is 0.488 e. The molecule has 1 heterocycles. The van der Waals surface area contributed by atoms with Crippen LogP contribution in [-0.4, -0.2) is 26.7 Å². The lowest BCUT2D eigenvalue weighted by Gasteiger charge is -2.08. The molecule has 5 nitrogen and oxygen atoms in total. The number of hydrogen-bond acceptors (Lipinski definition) is 4. The molecule has 2 N–H and O–H groups in total. The molecular weight excluding hydrogens is 250 g/mol. The molecule has 2 aromatic rings. The van der Waals surface area contributed by atoms with Gasteiger partial charge in [0.05, 0.1) is 6.54 Å². The van der Waals surface area contributed by atoms with Gasteiger partial charge in [-0.15, -0.1) is 0 Å². The number of aryl methyl sites for hydroxylation is 1. The number of aromatic nitrogens is 2. The summed E-state index contributed by atoms with van der Waals surface area (Å²) < 4.78 is 15.1. The molecule has 0 fully saturated rings. The molecule has 2 rings (SSSR count). The van der Waals surface area contributed by atoms with E-state index < -0.39 is 18.6 Å². The molecule has 0 aliphatic rings. The van der Waals surface area contributed by atoms with Crippen molar-refractivity contribution in [1.82, 2.24) is 9.55 Å². The lowest BCUT2D eigenvalue weighted by atomic mass is 9.80. The van der Waals surface area contributed by atoms with Crippen molar-refractivity contribution >= 4 is 12.6 Å². The van der Waals surface area contributed by atoms with Gasteiger partial charge in [-0.3, -0.25) is 4.57 Å². The van der Waals surface area contributed by atoms with Crippen molar-refractivity contribution in [3.05, 3.63) is 58.0 Å². The zero-order valence-corrected chi connectivity index (χ0v) is 10.2. The minimum absolute atomic E-state index is 0.0428. The van der Waals surface area contributed by atoms with E-state index in [1.54, 1.807) is 13.1 Å². The molecular formula is C12H12BFN2O3. The quantitative estimate of drug-likeness (QED) is 0.725. The van der Waals surface area contributed by atoms with Crippen molar-refractivity contribution in [2.45, 2.75) is 13.5 Å². The zero-order valence-electron chi connectivity index (χ0n) is 10.2. The lowest BCUT2D eigenvalue weighted by molar-refractivity contribution is 0.425. The van der Waals surface area contributed by atoms with Crippen molar-refractivity contribution in [1.29, 1.82) is 0 Å². The standard InChI is InChI=1S/C12H12BFN2O3/c1-8-5-15-12(17)16(6-8)7-9-2-3-10(13(18)19)4-11(9)14/h2-6,18-19H,7H2,1H3. The SMILES string of the molecule is Cc1cnc(=O)n(Cc2ccc(B(O)O)cc2F)c1. The fraction of sp³-hybridized carbons (Fsp3) is 0.167. The molecule has 0 amide bonds. The fourth-order valence-corrected chi connectivity index (χ4v) is 1.71. The van der Waals surface area contributed by atoms with Crippen LogP contribution in [0.4, 0.5) is 4.39 Å². The van der Waals surface area contributed by atoms with E-state index in [0.29, 0.717) is 0 Å². The highest BCUT2D eigenvalue weighted by molar-refractivity contribution is 6.58. The molecule has 1 aromatic heterocycles. The van der Waals surface area contributed by atoms with Gasteiger partial charge >= 0.3 is 12.8 Å². The molecule has 1 aromatic carbocycles. The van der Waals surface area contributed by atoms with Crippen molar-refractivity contribution in [2.75, 3.05) is 0 Å². The Morgan fingerprint density at radius 3 is 2.79 bits per heavy atom. The molecule has 98 valence electrons. The van der Waals surface area contributed by atoms with Crippen LogP contribution in [0.2, 0.25) is 0 Å². The first kappa shape index (κ1) is 13.4. The van der Waals surface area contributed by atoms with Crippen LogP contribution in [0.25, 0.3) is 0 Å². The van der Waals surface area contributed by atoms with Crippen LogP contribution in [0.1, 0.15) is 11.1 Å². The van der Waals surface area contributed by atoms with Gasteiger partial charge in [0, 0.05) is 18.0 Å². The van der Waals surface area contributed by atoms with Crippen molar-refractivity contribution in [3.8, 4) is 0 Å². The van der Waals surface area contributed by atoms with E-state index in [4.69, 9.17) is 10.0 Å². The molecule has 0 unspecified atom stereocenters. The van der Waals surface area contributed by atoms with E-state index in [1.165, 1.54) is 22.9 Å². The molecule has 0 radical (unpaired) electrons. The van der Waals surface area contributed by atoms with E-state index in [9.17, 15) is 9.18 Å². The van der Waals surface area contributed by atoms with Gasteiger partial charge in [0.25, 0.3) is 0 Å². The van der Waals surface area contributed by atoms with Crippen LogP contribution >= 0.6 is 0 Å². The van der Waals surface area contributed by atoms with Crippen LogP contribution in [0, 0.1) is 12.7 Å². The summed E-state index contributed by atoms with van der Waals surface area (Å²) in [6.07, 6.45) is 3.03. The monoisotopic (exact) mass is 262 g/mol. The number of rotatable bonds is 3. The van der Waals surface area contributed by atoms with Gasteiger partial charge in [-0.25, -0.2) is 14.2 Å². The van der Waals surface area contributed by atoms with E-state index in [0.717, 1.165) is 11.6 Å². The number of nitrogens with zero attached hydrogens (tertiary/aromatic N) is 2. The number of hydrogen-bond donors (Lipinski definition) is 2. The normalized spacial score (nSPS) is 10.5. The lowest BCUT2D eigenvalue weighted by Crippen LogP contribution is -2.30. The predicted octanol–water partition coefficient (Wildman–Crippen LogP) is -0.581. The average molecular weight is 262 g/mol. The van der Waals surface area contributed by atoms with Crippen LogP contribution in [-0.2, 0) is 6.54 Å². The Morgan fingerprint density at radius 1 is 1.42 bits per heavy atom. The van der Waals surface area contributed by atoms with Gasteiger partial charge in [-0.2, -0.15) is 0 Å². The molecule has 0 aliphatic carbocycles. The topological polar surface area (TPSA) is 75.4 Å². The van der Waals surface area contributed by atoms with Crippen LogP contribution in [0.3, 0.4) is 0 Å². The summed E-state index contributed by atoms with van der Waals surface area (Å²) in [5, 5.41) is 17.9. The Balaban J connectivity index is 2.33. The second-order valence-corrected chi connectivity index (χ2v) is 4.27. The Bertz CT molecular complexity index is 658. The van der Waals surface area contributed by atoms with E-state index in [-0.39, 0.29) is 17.6 Å². The first-order valence-electron chi connectivity index (χ1n) is 5.65. The molecule has 19 heavy (non-hydrogen) atoms. The third kappa shape index (κ3) is 3.07. The molecule has 0 saturated carbocycles. The summed E-state index contributed by atoms with van der Waals surface area (Å²) in [6, 6.07) is 3.85. The minimum Gasteiger partial charge on any atom is -0.423 e. The smallest absolute Gasteiger partial charge is 0.423 e. The highest BCUT2D eigenvalue weighted by Crippen LogP contribution is 2.07. The van der Waals surface area contributed by atoms with E-state index >= 15 is 0 Å². The van der Waals surface area contributed by atoms with Crippen molar-refractivity contribution in [2.24, 2.45) is 0 Å². The molecule has 0 saturated heterocycles. The Labute approximate surface area is 109 Å². The van der Waals surface area contributed by atoms with E-state index in [2.05, 4.69) is 4.98 Å². The Kier molecular flexibility index (Phi) is 3.78. The van der Waals surface area contributed by atoms with Crippen LogP contribution < -0.4 is 11.2 Å². The number of benzene rings is 1. The first-order chi connectivity index (χ1) is 8.97. The Hall–Kier alpha value is -1.99. The highest BCUT2D eigenvalue weighted by Gasteiger charge is 2.13. The molecule has 0 atom stereocenters. The maximum atomic E-state index is 13.8. The summed E-state index contributed by atoms with van der Waals surface area (Å²) in [7, 11) is -1.72. The van der Waals surface area contributed by atoms with Crippen LogP contribution in [0.15, 0.2) is 35.4 Å². The van der Waals surface area contributed by atoms with Gasteiger partial charge in [0.1, 0.15) is 5.82 Å². The van der Waals surface area contributed by atoms with E-state index in [1.807, 2.05) is 0 Å². The third-order valence-corrected chi connectivity index (χ3v) is 2.70. The summed E-state index contributed by atoms with van der Waals surface area (Å²) >= 11 is 0. The Morgan fingerprint density at radius 2 is 2.16 bits per heavy atom. The van der Waals surface area contributed by atoms with Crippen molar-refractivity contribution < 1.29 is 14.4 Å². The maximum absolute atomic E-state index is 13.8. The predicted molar refractivity (Wildman–Crippen MR) is 68.6 cm³/mol. The molecule has 0 bridgehead atoms. The second-order valence-electron chi connectivity index (χ2n) is 4.27. The van der Waals surface area contributed by atoms with Gasteiger partial charge in [-0.05, 0) is 24.0 Å².